The maximum Gasteiger partial charge on any atom is 0.167 e. The zero-order valence-corrected chi connectivity index (χ0v) is 11.8. The monoisotopic (exact) mass is 266 g/mol. The van der Waals surface area contributed by atoms with Crippen molar-refractivity contribution in [2.75, 3.05) is 20.3 Å². The van der Waals surface area contributed by atoms with Gasteiger partial charge in [0, 0.05) is 12.2 Å². The third-order valence-corrected chi connectivity index (χ3v) is 3.26. The second kappa shape index (κ2) is 5.80. The van der Waals surface area contributed by atoms with Crippen LogP contribution in [-0.2, 0) is 10.3 Å². The van der Waals surface area contributed by atoms with Gasteiger partial charge in [-0.25, -0.2) is 0 Å². The van der Waals surface area contributed by atoms with E-state index in [4.69, 9.17) is 14.2 Å². The van der Waals surface area contributed by atoms with Crippen LogP contribution in [0.3, 0.4) is 0 Å². The normalized spacial score (nSPS) is 20.1. The maximum absolute atomic E-state index is 10.3. The fraction of sp³-hybridized carbons (Fsp3) is 0.600. The highest BCUT2D eigenvalue weighted by atomic mass is 16.5. The summed E-state index contributed by atoms with van der Waals surface area (Å²) in [6, 6.07) is 5.56. The van der Waals surface area contributed by atoms with Crippen LogP contribution in [0.15, 0.2) is 18.2 Å². The number of benzene rings is 1. The molecule has 106 valence electrons. The summed E-state index contributed by atoms with van der Waals surface area (Å²) < 4.78 is 16.8. The molecular weight excluding hydrogens is 244 g/mol. The Morgan fingerprint density at radius 3 is 2.74 bits per heavy atom. The SMILES string of the molecule is COc1cccc(C(C)(C)O)c1OC1CCCOC1. The van der Waals surface area contributed by atoms with Crippen LogP contribution in [-0.4, -0.2) is 31.5 Å². The van der Waals surface area contributed by atoms with Gasteiger partial charge < -0.3 is 19.3 Å². The first-order valence-corrected chi connectivity index (χ1v) is 6.66. The molecule has 0 saturated carbocycles. The highest BCUT2D eigenvalue weighted by Gasteiger charge is 2.26. The van der Waals surface area contributed by atoms with Gasteiger partial charge in [0.15, 0.2) is 11.5 Å². The minimum absolute atomic E-state index is 0.0196. The summed E-state index contributed by atoms with van der Waals surface area (Å²) in [6.45, 7) is 4.87. The van der Waals surface area contributed by atoms with Crippen molar-refractivity contribution >= 4 is 0 Å². The second-order valence-corrected chi connectivity index (χ2v) is 5.35. The fourth-order valence-electron chi connectivity index (χ4n) is 2.25. The van der Waals surface area contributed by atoms with Crippen molar-refractivity contribution in [2.24, 2.45) is 0 Å². The maximum atomic E-state index is 10.3. The molecule has 0 amide bonds. The highest BCUT2D eigenvalue weighted by Crippen LogP contribution is 2.38. The van der Waals surface area contributed by atoms with Crippen LogP contribution in [0.1, 0.15) is 32.3 Å². The first-order valence-electron chi connectivity index (χ1n) is 6.66. The summed E-state index contributed by atoms with van der Waals surface area (Å²) in [7, 11) is 1.60. The molecule has 1 saturated heterocycles. The van der Waals surface area contributed by atoms with Crippen molar-refractivity contribution in [2.45, 2.75) is 38.4 Å². The number of para-hydroxylation sites is 1. The van der Waals surface area contributed by atoms with E-state index in [0.29, 0.717) is 18.1 Å². The van der Waals surface area contributed by atoms with E-state index < -0.39 is 5.60 Å². The number of ether oxygens (including phenoxy) is 3. The number of methoxy groups -OCH3 is 1. The summed E-state index contributed by atoms with van der Waals surface area (Å²) in [5.74, 6) is 1.26. The van der Waals surface area contributed by atoms with E-state index in [1.807, 2.05) is 18.2 Å². The van der Waals surface area contributed by atoms with Crippen LogP contribution in [0.4, 0.5) is 0 Å². The molecule has 1 atom stereocenters. The van der Waals surface area contributed by atoms with Crippen molar-refractivity contribution in [1.82, 2.24) is 0 Å². The molecule has 1 fully saturated rings. The molecule has 1 heterocycles. The Hall–Kier alpha value is -1.26. The van der Waals surface area contributed by atoms with E-state index in [1.165, 1.54) is 0 Å². The number of rotatable bonds is 4. The minimum Gasteiger partial charge on any atom is -0.493 e. The summed E-state index contributed by atoms with van der Waals surface area (Å²) in [5, 5.41) is 10.3. The Kier molecular flexibility index (Phi) is 4.32. The van der Waals surface area contributed by atoms with Crippen LogP contribution in [0.5, 0.6) is 11.5 Å². The predicted octanol–water partition coefficient (Wildman–Crippen LogP) is 2.48. The van der Waals surface area contributed by atoms with Gasteiger partial charge in [0.1, 0.15) is 6.10 Å². The molecule has 4 nitrogen and oxygen atoms in total. The predicted molar refractivity (Wildman–Crippen MR) is 72.7 cm³/mol. The van der Waals surface area contributed by atoms with Crippen molar-refractivity contribution < 1.29 is 19.3 Å². The van der Waals surface area contributed by atoms with E-state index in [0.717, 1.165) is 25.0 Å². The zero-order chi connectivity index (χ0) is 13.9. The molecule has 0 aliphatic carbocycles. The lowest BCUT2D eigenvalue weighted by atomic mass is 9.97. The molecule has 2 rings (SSSR count). The molecule has 0 spiro atoms. The van der Waals surface area contributed by atoms with Crippen molar-refractivity contribution in [3.63, 3.8) is 0 Å². The summed E-state index contributed by atoms with van der Waals surface area (Å²) in [4.78, 5) is 0. The van der Waals surface area contributed by atoms with Gasteiger partial charge >= 0.3 is 0 Å². The van der Waals surface area contributed by atoms with Crippen LogP contribution >= 0.6 is 0 Å². The molecule has 0 aromatic heterocycles. The lowest BCUT2D eigenvalue weighted by Gasteiger charge is -2.28. The van der Waals surface area contributed by atoms with Gasteiger partial charge in [-0.2, -0.15) is 0 Å². The van der Waals surface area contributed by atoms with E-state index >= 15 is 0 Å². The smallest absolute Gasteiger partial charge is 0.167 e. The molecule has 0 bridgehead atoms. The molecule has 1 aromatic rings. The first-order chi connectivity index (χ1) is 9.02. The van der Waals surface area contributed by atoms with Crippen molar-refractivity contribution in [3.8, 4) is 11.5 Å². The van der Waals surface area contributed by atoms with Crippen molar-refractivity contribution in [1.29, 1.82) is 0 Å². The largest absolute Gasteiger partial charge is 0.493 e. The lowest BCUT2D eigenvalue weighted by Crippen LogP contribution is -2.29. The Morgan fingerprint density at radius 1 is 1.37 bits per heavy atom. The van der Waals surface area contributed by atoms with Gasteiger partial charge in [-0.3, -0.25) is 0 Å². The van der Waals surface area contributed by atoms with E-state index in [1.54, 1.807) is 21.0 Å². The number of hydrogen-bond donors (Lipinski definition) is 1. The minimum atomic E-state index is -0.973. The molecular formula is C15H22O4. The molecule has 4 heteroatoms. The van der Waals surface area contributed by atoms with Gasteiger partial charge in [0.25, 0.3) is 0 Å². The number of hydrogen-bond acceptors (Lipinski definition) is 4. The summed E-state index contributed by atoms with van der Waals surface area (Å²) in [5.41, 5.74) is -0.239. The van der Waals surface area contributed by atoms with Gasteiger partial charge in [0.2, 0.25) is 0 Å². The van der Waals surface area contributed by atoms with Crippen LogP contribution < -0.4 is 9.47 Å². The van der Waals surface area contributed by atoms with Gasteiger partial charge in [0.05, 0.1) is 19.3 Å². The second-order valence-electron chi connectivity index (χ2n) is 5.35. The molecule has 1 unspecified atom stereocenters. The average molecular weight is 266 g/mol. The lowest BCUT2D eigenvalue weighted by molar-refractivity contribution is 0.00248. The summed E-state index contributed by atoms with van der Waals surface area (Å²) in [6.07, 6.45) is 1.98. The first kappa shape index (κ1) is 14.2. The third-order valence-electron chi connectivity index (χ3n) is 3.26. The van der Waals surface area contributed by atoms with E-state index in [9.17, 15) is 5.11 Å². The van der Waals surface area contributed by atoms with Crippen LogP contribution in [0, 0.1) is 0 Å². The Labute approximate surface area is 114 Å². The van der Waals surface area contributed by atoms with Crippen molar-refractivity contribution in [3.05, 3.63) is 23.8 Å². The quantitative estimate of drug-likeness (QED) is 0.909. The van der Waals surface area contributed by atoms with Crippen LogP contribution in [0.2, 0.25) is 0 Å². The van der Waals surface area contributed by atoms with E-state index in [-0.39, 0.29) is 6.10 Å². The molecule has 0 radical (unpaired) electrons. The van der Waals surface area contributed by atoms with Gasteiger partial charge in [-0.15, -0.1) is 0 Å². The number of aliphatic hydroxyl groups is 1. The molecule has 1 aliphatic rings. The Morgan fingerprint density at radius 2 is 2.16 bits per heavy atom. The fourth-order valence-corrected chi connectivity index (χ4v) is 2.25. The van der Waals surface area contributed by atoms with Crippen LogP contribution in [0.25, 0.3) is 0 Å². The Bertz CT molecular complexity index is 417. The van der Waals surface area contributed by atoms with Gasteiger partial charge in [-0.05, 0) is 32.8 Å². The van der Waals surface area contributed by atoms with E-state index in [2.05, 4.69) is 0 Å². The average Bonchev–Trinajstić information content (AvgIpc) is 2.39. The summed E-state index contributed by atoms with van der Waals surface area (Å²) >= 11 is 0. The molecule has 1 aromatic carbocycles. The molecule has 19 heavy (non-hydrogen) atoms. The highest BCUT2D eigenvalue weighted by molar-refractivity contribution is 5.49. The standard InChI is InChI=1S/C15H22O4/c1-15(2,16)12-7-4-8-13(17-3)14(12)19-11-6-5-9-18-10-11/h4,7-8,11,16H,5-6,9-10H2,1-3H3. The third kappa shape index (κ3) is 3.39. The topological polar surface area (TPSA) is 47.9 Å². The molecule has 1 N–H and O–H groups in total. The molecule has 1 aliphatic heterocycles. The zero-order valence-electron chi connectivity index (χ0n) is 11.8. The Balaban J connectivity index is 2.29. The van der Waals surface area contributed by atoms with Gasteiger partial charge in [-0.1, -0.05) is 12.1 Å².